The van der Waals surface area contributed by atoms with Gasteiger partial charge >= 0.3 is 0 Å². The third-order valence-electron chi connectivity index (χ3n) is 2.13. The van der Waals surface area contributed by atoms with Crippen LogP contribution in [-0.2, 0) is 10.0 Å². The van der Waals surface area contributed by atoms with E-state index in [1.807, 2.05) is 13.0 Å². The molecule has 15 heavy (non-hydrogen) atoms. The zero-order valence-electron chi connectivity index (χ0n) is 8.84. The van der Waals surface area contributed by atoms with Crippen molar-refractivity contribution in [2.45, 2.75) is 6.92 Å². The van der Waals surface area contributed by atoms with Crippen LogP contribution in [0.4, 0.5) is 5.69 Å². The molecule has 0 heterocycles. The number of hydrogen-bond acceptors (Lipinski definition) is 3. The fourth-order valence-corrected chi connectivity index (χ4v) is 2.18. The summed E-state index contributed by atoms with van der Waals surface area (Å²) in [6.45, 7) is 1.54. The zero-order valence-corrected chi connectivity index (χ0v) is 9.66. The summed E-state index contributed by atoms with van der Waals surface area (Å²) < 4.78 is 24.4. The lowest BCUT2D eigenvalue weighted by Crippen LogP contribution is -2.30. The van der Waals surface area contributed by atoms with Crippen LogP contribution < -0.4 is 4.31 Å². The molecule has 84 valence electrons. The standard InChI is InChI=1S/C10H15NO3S/c1-9-4-3-5-10(8-9)11(2)15(13,14)7-6-12/h3-5,8,12H,6-7H2,1-2H3. The molecule has 1 N–H and O–H groups in total. The Morgan fingerprint density at radius 3 is 2.60 bits per heavy atom. The highest BCUT2D eigenvalue weighted by molar-refractivity contribution is 7.92. The first-order valence-corrected chi connectivity index (χ1v) is 6.22. The molecule has 0 unspecified atom stereocenters. The smallest absolute Gasteiger partial charge is 0.237 e. The van der Waals surface area contributed by atoms with Crippen molar-refractivity contribution >= 4 is 15.7 Å². The number of aliphatic hydroxyl groups excluding tert-OH is 1. The average molecular weight is 229 g/mol. The molecule has 5 heteroatoms. The molecule has 1 rings (SSSR count). The van der Waals surface area contributed by atoms with Gasteiger partial charge in [0.1, 0.15) is 0 Å². The number of anilines is 1. The lowest BCUT2D eigenvalue weighted by Gasteiger charge is -2.19. The third-order valence-corrected chi connectivity index (χ3v) is 3.88. The van der Waals surface area contributed by atoms with E-state index >= 15 is 0 Å². The van der Waals surface area contributed by atoms with Crippen LogP contribution in [0.25, 0.3) is 0 Å². The van der Waals surface area contributed by atoms with Gasteiger partial charge in [0.05, 0.1) is 18.0 Å². The first-order valence-electron chi connectivity index (χ1n) is 4.61. The lowest BCUT2D eigenvalue weighted by molar-refractivity contribution is 0.319. The SMILES string of the molecule is Cc1cccc(N(C)S(=O)(=O)CCO)c1. The molecule has 0 radical (unpaired) electrons. The Labute approximate surface area is 90.2 Å². The highest BCUT2D eigenvalue weighted by Crippen LogP contribution is 2.17. The number of aliphatic hydroxyl groups is 1. The predicted octanol–water partition coefficient (Wildman–Crippen LogP) is 0.753. The molecule has 1 aromatic rings. The van der Waals surface area contributed by atoms with Gasteiger partial charge in [0.25, 0.3) is 0 Å². The van der Waals surface area contributed by atoms with Crippen molar-refractivity contribution in [2.75, 3.05) is 23.7 Å². The van der Waals surface area contributed by atoms with E-state index in [4.69, 9.17) is 5.11 Å². The minimum absolute atomic E-state index is 0.253. The summed E-state index contributed by atoms with van der Waals surface area (Å²) in [6.07, 6.45) is 0. The Bertz CT molecular complexity index is 428. The highest BCUT2D eigenvalue weighted by atomic mass is 32.2. The quantitative estimate of drug-likeness (QED) is 0.829. The van der Waals surface area contributed by atoms with Crippen LogP contribution >= 0.6 is 0 Å². The summed E-state index contributed by atoms with van der Waals surface area (Å²) in [5, 5.41) is 8.65. The minimum Gasteiger partial charge on any atom is -0.395 e. The van der Waals surface area contributed by atoms with E-state index in [1.165, 1.54) is 11.4 Å². The van der Waals surface area contributed by atoms with Gasteiger partial charge in [-0.25, -0.2) is 8.42 Å². The molecule has 0 spiro atoms. The van der Waals surface area contributed by atoms with E-state index in [9.17, 15) is 8.42 Å². The van der Waals surface area contributed by atoms with Gasteiger partial charge in [-0.3, -0.25) is 4.31 Å². The highest BCUT2D eigenvalue weighted by Gasteiger charge is 2.17. The predicted molar refractivity (Wildman–Crippen MR) is 60.5 cm³/mol. The summed E-state index contributed by atoms with van der Waals surface area (Å²) in [5.41, 5.74) is 1.61. The van der Waals surface area contributed by atoms with Crippen molar-refractivity contribution in [1.29, 1.82) is 0 Å². The van der Waals surface area contributed by atoms with Crippen LogP contribution in [0.5, 0.6) is 0 Å². The van der Waals surface area contributed by atoms with Gasteiger partial charge in [-0.05, 0) is 24.6 Å². The van der Waals surface area contributed by atoms with E-state index in [-0.39, 0.29) is 12.4 Å². The van der Waals surface area contributed by atoms with Crippen molar-refractivity contribution in [2.24, 2.45) is 0 Å². The molecule has 0 aliphatic carbocycles. The first-order chi connectivity index (χ1) is 6.97. The van der Waals surface area contributed by atoms with Gasteiger partial charge < -0.3 is 5.11 Å². The molecule has 0 aromatic heterocycles. The molecule has 0 bridgehead atoms. The van der Waals surface area contributed by atoms with Gasteiger partial charge in [0.2, 0.25) is 10.0 Å². The molecular formula is C10H15NO3S. The molecule has 0 saturated carbocycles. The van der Waals surface area contributed by atoms with Crippen LogP contribution in [0, 0.1) is 6.92 Å². The van der Waals surface area contributed by atoms with Gasteiger partial charge in [-0.1, -0.05) is 12.1 Å². The zero-order chi connectivity index (χ0) is 11.5. The van der Waals surface area contributed by atoms with Crippen molar-refractivity contribution in [3.8, 4) is 0 Å². The summed E-state index contributed by atoms with van der Waals surface area (Å²) >= 11 is 0. The van der Waals surface area contributed by atoms with Crippen molar-refractivity contribution in [3.05, 3.63) is 29.8 Å². The number of aryl methyl sites for hydroxylation is 1. The summed E-state index contributed by atoms with van der Waals surface area (Å²) in [7, 11) is -1.91. The molecular weight excluding hydrogens is 214 g/mol. The molecule has 0 aliphatic rings. The maximum atomic E-state index is 11.6. The Hall–Kier alpha value is -1.07. The van der Waals surface area contributed by atoms with Crippen molar-refractivity contribution in [3.63, 3.8) is 0 Å². The maximum absolute atomic E-state index is 11.6. The van der Waals surface area contributed by atoms with E-state index in [2.05, 4.69) is 0 Å². The van der Waals surface area contributed by atoms with Gasteiger partial charge in [-0.15, -0.1) is 0 Å². The molecule has 1 aromatic carbocycles. The molecule has 0 aliphatic heterocycles. The number of benzene rings is 1. The molecule has 0 fully saturated rings. The van der Waals surface area contributed by atoms with E-state index < -0.39 is 10.0 Å². The lowest BCUT2D eigenvalue weighted by atomic mass is 10.2. The van der Waals surface area contributed by atoms with Gasteiger partial charge in [0.15, 0.2) is 0 Å². The van der Waals surface area contributed by atoms with Crippen LogP contribution in [0.15, 0.2) is 24.3 Å². The van der Waals surface area contributed by atoms with Crippen LogP contribution in [0.1, 0.15) is 5.56 Å². The monoisotopic (exact) mass is 229 g/mol. The van der Waals surface area contributed by atoms with Gasteiger partial charge in [-0.2, -0.15) is 0 Å². The Morgan fingerprint density at radius 2 is 2.07 bits per heavy atom. The molecule has 4 nitrogen and oxygen atoms in total. The topological polar surface area (TPSA) is 57.6 Å². The van der Waals surface area contributed by atoms with Crippen LogP contribution in [0.3, 0.4) is 0 Å². The van der Waals surface area contributed by atoms with Crippen molar-refractivity contribution < 1.29 is 13.5 Å². The Morgan fingerprint density at radius 1 is 1.40 bits per heavy atom. The Kier molecular flexibility index (Phi) is 3.71. The summed E-state index contributed by atoms with van der Waals surface area (Å²) in [4.78, 5) is 0. The van der Waals surface area contributed by atoms with Crippen LogP contribution in [0.2, 0.25) is 0 Å². The number of nitrogens with zero attached hydrogens (tertiary/aromatic N) is 1. The first kappa shape index (κ1) is 12.0. The number of rotatable bonds is 4. The van der Waals surface area contributed by atoms with Crippen LogP contribution in [-0.4, -0.2) is 32.9 Å². The van der Waals surface area contributed by atoms with E-state index in [0.29, 0.717) is 5.69 Å². The maximum Gasteiger partial charge on any atom is 0.237 e. The normalized spacial score (nSPS) is 11.4. The average Bonchev–Trinajstić information content (AvgIpc) is 2.16. The number of hydrogen-bond donors (Lipinski definition) is 1. The van der Waals surface area contributed by atoms with Crippen molar-refractivity contribution in [1.82, 2.24) is 0 Å². The molecule has 0 amide bonds. The van der Waals surface area contributed by atoms with Gasteiger partial charge in [0, 0.05) is 7.05 Å². The number of sulfonamides is 1. The second-order valence-electron chi connectivity index (χ2n) is 3.35. The summed E-state index contributed by atoms with van der Waals surface area (Å²) in [6, 6.07) is 7.21. The molecule has 0 atom stereocenters. The second kappa shape index (κ2) is 4.63. The summed E-state index contributed by atoms with van der Waals surface area (Å²) in [5.74, 6) is -0.253. The Balaban J connectivity index is 2.99. The molecule has 0 saturated heterocycles. The van der Waals surface area contributed by atoms with E-state index in [1.54, 1.807) is 18.2 Å². The fourth-order valence-electron chi connectivity index (χ4n) is 1.24. The minimum atomic E-state index is -3.40. The van der Waals surface area contributed by atoms with E-state index in [0.717, 1.165) is 5.56 Å². The second-order valence-corrected chi connectivity index (χ2v) is 5.47. The third kappa shape index (κ3) is 2.94. The fraction of sp³-hybridized carbons (Fsp3) is 0.400. The largest absolute Gasteiger partial charge is 0.395 e.